The topological polar surface area (TPSA) is 66.8 Å². The van der Waals surface area contributed by atoms with Gasteiger partial charge in [-0.25, -0.2) is 4.79 Å². The molecule has 0 unspecified atom stereocenters. The van der Waals surface area contributed by atoms with Crippen LogP contribution in [0.2, 0.25) is 0 Å². The molecule has 5 nitrogen and oxygen atoms in total. The third-order valence-electron chi connectivity index (χ3n) is 5.22. The van der Waals surface area contributed by atoms with E-state index in [0.717, 1.165) is 30.8 Å². The summed E-state index contributed by atoms with van der Waals surface area (Å²) in [5, 5.41) is 8.98. The minimum atomic E-state index is -0.916. The number of benzene rings is 2. The van der Waals surface area contributed by atoms with Crippen molar-refractivity contribution in [3.8, 4) is 0 Å². The summed E-state index contributed by atoms with van der Waals surface area (Å²) in [6, 6.07) is 16.8. The van der Waals surface area contributed by atoms with Crippen molar-refractivity contribution in [3.05, 3.63) is 71.3 Å². The number of rotatable bonds is 5. The number of piperidine rings is 1. The van der Waals surface area contributed by atoms with Gasteiger partial charge in [0.2, 0.25) is 0 Å². The molecule has 5 heteroatoms. The van der Waals surface area contributed by atoms with E-state index in [1.54, 1.807) is 12.1 Å². The molecule has 0 amide bonds. The molecule has 1 aliphatic heterocycles. The Hall–Kier alpha value is -2.66. The van der Waals surface area contributed by atoms with Gasteiger partial charge >= 0.3 is 11.9 Å². The Morgan fingerprint density at radius 1 is 1.04 bits per heavy atom. The summed E-state index contributed by atoms with van der Waals surface area (Å²) in [6.07, 6.45) is 1.41. The highest BCUT2D eigenvalue weighted by Gasteiger charge is 2.43. The molecule has 0 aromatic heterocycles. The van der Waals surface area contributed by atoms with Crippen molar-refractivity contribution >= 4 is 11.9 Å². The highest BCUT2D eigenvalue weighted by atomic mass is 16.5. The van der Waals surface area contributed by atoms with E-state index in [0.29, 0.717) is 18.4 Å². The molecule has 0 aliphatic carbocycles. The molecule has 0 atom stereocenters. The van der Waals surface area contributed by atoms with E-state index < -0.39 is 11.4 Å². The van der Waals surface area contributed by atoms with Crippen LogP contribution >= 0.6 is 0 Å². The molecular formula is C21H23NO4. The lowest BCUT2D eigenvalue weighted by Gasteiger charge is -2.40. The zero-order valence-electron chi connectivity index (χ0n) is 14.9. The Morgan fingerprint density at radius 3 is 2.19 bits per heavy atom. The molecule has 2 aromatic rings. The number of ether oxygens (including phenoxy) is 1. The summed E-state index contributed by atoms with van der Waals surface area (Å²) in [5.41, 5.74) is 1.79. The van der Waals surface area contributed by atoms with Crippen LogP contribution in [0.5, 0.6) is 0 Å². The monoisotopic (exact) mass is 353 g/mol. The molecule has 26 heavy (non-hydrogen) atoms. The van der Waals surface area contributed by atoms with Gasteiger partial charge in [-0.2, -0.15) is 0 Å². The maximum Gasteiger partial charge on any atom is 0.335 e. The van der Waals surface area contributed by atoms with E-state index in [4.69, 9.17) is 9.84 Å². The summed E-state index contributed by atoms with van der Waals surface area (Å²) >= 11 is 0. The predicted molar refractivity (Wildman–Crippen MR) is 98.0 cm³/mol. The van der Waals surface area contributed by atoms with Crippen LogP contribution in [0.1, 0.15) is 34.3 Å². The number of carboxylic acid groups (broad SMARTS) is 1. The Morgan fingerprint density at radius 2 is 1.65 bits per heavy atom. The van der Waals surface area contributed by atoms with Crippen molar-refractivity contribution < 1.29 is 19.4 Å². The lowest BCUT2D eigenvalue weighted by atomic mass is 9.72. The third kappa shape index (κ3) is 3.63. The maximum absolute atomic E-state index is 12.6. The maximum atomic E-state index is 12.6. The summed E-state index contributed by atoms with van der Waals surface area (Å²) in [7, 11) is 1.45. The van der Waals surface area contributed by atoms with Crippen LogP contribution < -0.4 is 0 Å². The van der Waals surface area contributed by atoms with Gasteiger partial charge in [0, 0.05) is 6.54 Å². The fourth-order valence-corrected chi connectivity index (χ4v) is 3.67. The molecule has 1 aliphatic rings. The SMILES string of the molecule is COC(=O)C1(c2ccccc2)CCN(Cc2ccc(C(=O)O)cc2)CC1. The predicted octanol–water partition coefficient (Wildman–Crippen LogP) is 3.09. The van der Waals surface area contributed by atoms with Crippen molar-refractivity contribution in [2.45, 2.75) is 24.8 Å². The fraction of sp³-hybridized carbons (Fsp3) is 0.333. The van der Waals surface area contributed by atoms with Crippen molar-refractivity contribution in [2.75, 3.05) is 20.2 Å². The van der Waals surface area contributed by atoms with Crippen LogP contribution in [-0.2, 0) is 21.5 Å². The second-order valence-electron chi connectivity index (χ2n) is 6.72. The highest BCUT2D eigenvalue weighted by Crippen LogP contribution is 2.37. The molecule has 0 spiro atoms. The lowest BCUT2D eigenvalue weighted by molar-refractivity contribution is -0.149. The van der Waals surface area contributed by atoms with Crippen molar-refractivity contribution in [2.24, 2.45) is 0 Å². The molecule has 0 saturated carbocycles. The Labute approximate surface area is 153 Å². The molecule has 1 fully saturated rings. The van der Waals surface area contributed by atoms with Crippen LogP contribution in [-0.4, -0.2) is 42.1 Å². The number of hydrogen-bond acceptors (Lipinski definition) is 4. The Bertz CT molecular complexity index is 762. The molecule has 2 aromatic carbocycles. The zero-order chi connectivity index (χ0) is 18.6. The van der Waals surface area contributed by atoms with Gasteiger partial charge in [0.05, 0.1) is 18.1 Å². The quantitative estimate of drug-likeness (QED) is 0.837. The first-order chi connectivity index (χ1) is 12.5. The van der Waals surface area contributed by atoms with Gasteiger partial charge in [-0.1, -0.05) is 42.5 Å². The zero-order valence-corrected chi connectivity index (χ0v) is 14.9. The summed E-state index contributed by atoms with van der Waals surface area (Å²) in [4.78, 5) is 25.8. The number of nitrogens with zero attached hydrogens (tertiary/aromatic N) is 1. The summed E-state index contributed by atoms with van der Waals surface area (Å²) in [6.45, 7) is 2.31. The van der Waals surface area contributed by atoms with Crippen molar-refractivity contribution in [1.82, 2.24) is 4.90 Å². The van der Waals surface area contributed by atoms with Crippen LogP contribution in [0.15, 0.2) is 54.6 Å². The molecule has 3 rings (SSSR count). The van der Waals surface area contributed by atoms with Gasteiger partial charge in [0.25, 0.3) is 0 Å². The number of carboxylic acids is 1. The van der Waals surface area contributed by atoms with E-state index in [1.165, 1.54) is 7.11 Å². The van der Waals surface area contributed by atoms with Crippen LogP contribution in [0, 0.1) is 0 Å². The largest absolute Gasteiger partial charge is 0.478 e. The molecule has 1 heterocycles. The van der Waals surface area contributed by atoms with Gasteiger partial charge in [0.15, 0.2) is 0 Å². The first kappa shape index (κ1) is 18.1. The molecule has 0 bridgehead atoms. The Kier molecular flexibility index (Phi) is 5.38. The third-order valence-corrected chi connectivity index (χ3v) is 5.22. The first-order valence-corrected chi connectivity index (χ1v) is 8.74. The van der Waals surface area contributed by atoms with E-state index in [-0.39, 0.29) is 5.97 Å². The highest BCUT2D eigenvalue weighted by molar-refractivity contribution is 5.87. The second-order valence-corrected chi connectivity index (χ2v) is 6.72. The average Bonchev–Trinajstić information content (AvgIpc) is 2.69. The lowest BCUT2D eigenvalue weighted by Crippen LogP contribution is -2.47. The van der Waals surface area contributed by atoms with E-state index in [9.17, 15) is 9.59 Å². The summed E-state index contributed by atoms with van der Waals surface area (Å²) < 4.78 is 5.12. The van der Waals surface area contributed by atoms with Crippen molar-refractivity contribution in [1.29, 1.82) is 0 Å². The van der Waals surface area contributed by atoms with Gasteiger partial charge in [0.1, 0.15) is 0 Å². The van der Waals surface area contributed by atoms with Crippen LogP contribution in [0.4, 0.5) is 0 Å². The van der Waals surface area contributed by atoms with Gasteiger partial charge in [-0.15, -0.1) is 0 Å². The second kappa shape index (κ2) is 7.70. The number of methoxy groups -OCH3 is 1. The molecule has 1 saturated heterocycles. The molecular weight excluding hydrogens is 330 g/mol. The minimum Gasteiger partial charge on any atom is -0.478 e. The molecule has 136 valence electrons. The fourth-order valence-electron chi connectivity index (χ4n) is 3.67. The van der Waals surface area contributed by atoms with Gasteiger partial charge in [-0.05, 0) is 49.2 Å². The minimum absolute atomic E-state index is 0.172. The van der Waals surface area contributed by atoms with Crippen LogP contribution in [0.3, 0.4) is 0 Å². The van der Waals surface area contributed by atoms with Gasteiger partial charge < -0.3 is 9.84 Å². The van der Waals surface area contributed by atoms with Gasteiger partial charge in [-0.3, -0.25) is 9.69 Å². The normalized spacial score (nSPS) is 16.8. The van der Waals surface area contributed by atoms with E-state index >= 15 is 0 Å². The standard InChI is InChI=1S/C21H23NO4/c1-26-20(25)21(18-5-3-2-4-6-18)11-13-22(14-12-21)15-16-7-9-17(10-8-16)19(23)24/h2-10H,11-15H2,1H3,(H,23,24). The summed E-state index contributed by atoms with van der Waals surface area (Å²) in [5.74, 6) is -1.09. The number of carbonyl (C=O) groups excluding carboxylic acids is 1. The number of aromatic carboxylic acids is 1. The van der Waals surface area contributed by atoms with E-state index in [2.05, 4.69) is 4.90 Å². The number of carbonyl (C=O) groups is 2. The first-order valence-electron chi connectivity index (χ1n) is 8.74. The van der Waals surface area contributed by atoms with Crippen molar-refractivity contribution in [3.63, 3.8) is 0 Å². The number of likely N-dealkylation sites (tertiary alicyclic amines) is 1. The van der Waals surface area contributed by atoms with Crippen LogP contribution in [0.25, 0.3) is 0 Å². The van der Waals surface area contributed by atoms with E-state index in [1.807, 2.05) is 42.5 Å². The molecule has 0 radical (unpaired) electrons. The average molecular weight is 353 g/mol. The Balaban J connectivity index is 1.70. The molecule has 1 N–H and O–H groups in total. The number of hydrogen-bond donors (Lipinski definition) is 1. The smallest absolute Gasteiger partial charge is 0.335 e. The number of esters is 1.